The van der Waals surface area contributed by atoms with Crippen molar-refractivity contribution in [2.75, 3.05) is 18.4 Å². The second-order valence-electron chi connectivity index (χ2n) is 10.8. The van der Waals surface area contributed by atoms with Crippen molar-refractivity contribution in [2.45, 2.75) is 53.1 Å². The number of amides is 4. The molecule has 0 aromatic heterocycles. The van der Waals surface area contributed by atoms with E-state index in [4.69, 9.17) is 0 Å². The molecule has 2 aliphatic rings. The fraction of sp³-hybridized carbons (Fsp3) is 0.303. The Balaban J connectivity index is 1.53. The molecule has 0 bridgehead atoms. The fourth-order valence-electron chi connectivity index (χ4n) is 5.71. The van der Waals surface area contributed by atoms with Gasteiger partial charge in [-0.25, -0.2) is 4.79 Å². The molecule has 7 nitrogen and oxygen atoms in total. The summed E-state index contributed by atoms with van der Waals surface area (Å²) in [5.41, 5.74) is 8.05. The van der Waals surface area contributed by atoms with E-state index in [1.807, 2.05) is 95.3 Å². The summed E-state index contributed by atoms with van der Waals surface area (Å²) in [6.07, 6.45) is 0.353. The molecule has 0 radical (unpaired) electrons. The normalized spacial score (nSPS) is 17.6. The van der Waals surface area contributed by atoms with Crippen LogP contribution in [0.25, 0.3) is 0 Å². The van der Waals surface area contributed by atoms with Crippen LogP contribution in [0.5, 0.6) is 0 Å². The molecule has 0 spiro atoms. The summed E-state index contributed by atoms with van der Waals surface area (Å²) in [5.74, 6) is -0.486. The monoisotopic (exact) mass is 536 g/mol. The van der Waals surface area contributed by atoms with Crippen molar-refractivity contribution in [1.29, 1.82) is 0 Å². The SMILES string of the molecule is CCN1C(=O)N[C@@H](c2ccc(C)cc2C)C2=C1CN([C@H](Cc1ccccc1)C(=O)Nc1ccc(C)c(C)c1)C2=O. The maximum absolute atomic E-state index is 14.3. The minimum Gasteiger partial charge on any atom is -0.326 e. The van der Waals surface area contributed by atoms with Crippen LogP contribution >= 0.6 is 0 Å². The molecule has 2 N–H and O–H groups in total. The van der Waals surface area contributed by atoms with Gasteiger partial charge in [-0.3, -0.25) is 14.5 Å². The van der Waals surface area contributed by atoms with E-state index in [2.05, 4.69) is 16.7 Å². The Bertz CT molecular complexity index is 1510. The molecular weight excluding hydrogens is 500 g/mol. The number of likely N-dealkylation sites (N-methyl/N-ethyl adjacent to an activating group) is 1. The number of carbonyl (C=O) groups excluding carboxylic acids is 3. The van der Waals surface area contributed by atoms with E-state index in [9.17, 15) is 14.4 Å². The van der Waals surface area contributed by atoms with Gasteiger partial charge in [-0.05, 0) is 74.6 Å². The van der Waals surface area contributed by atoms with Gasteiger partial charge in [0.1, 0.15) is 6.04 Å². The topological polar surface area (TPSA) is 81.8 Å². The number of benzene rings is 3. The molecule has 2 atom stereocenters. The number of aryl methyl sites for hydroxylation is 4. The average molecular weight is 537 g/mol. The van der Waals surface area contributed by atoms with Gasteiger partial charge >= 0.3 is 6.03 Å². The highest BCUT2D eigenvalue weighted by atomic mass is 16.2. The largest absolute Gasteiger partial charge is 0.326 e. The summed E-state index contributed by atoms with van der Waals surface area (Å²) in [7, 11) is 0. The zero-order chi connectivity index (χ0) is 28.6. The molecule has 0 saturated heterocycles. The zero-order valence-corrected chi connectivity index (χ0v) is 23.7. The molecule has 0 unspecified atom stereocenters. The summed E-state index contributed by atoms with van der Waals surface area (Å²) >= 11 is 0. The summed E-state index contributed by atoms with van der Waals surface area (Å²) < 4.78 is 0. The maximum atomic E-state index is 14.3. The average Bonchev–Trinajstić information content (AvgIpc) is 3.26. The number of nitrogens with zero attached hydrogens (tertiary/aromatic N) is 2. The highest BCUT2D eigenvalue weighted by molar-refractivity contribution is 6.05. The lowest BCUT2D eigenvalue weighted by Gasteiger charge is -2.33. The van der Waals surface area contributed by atoms with Gasteiger partial charge in [0.15, 0.2) is 0 Å². The first kappa shape index (κ1) is 27.2. The van der Waals surface area contributed by atoms with Gasteiger partial charge in [-0.15, -0.1) is 0 Å². The number of hydrogen-bond acceptors (Lipinski definition) is 3. The first-order valence-electron chi connectivity index (χ1n) is 13.8. The molecule has 206 valence electrons. The molecule has 3 aromatic rings. The molecule has 7 heteroatoms. The number of rotatable bonds is 7. The van der Waals surface area contributed by atoms with E-state index in [1.54, 1.807) is 9.80 Å². The van der Waals surface area contributed by atoms with Crippen LogP contribution in [0.15, 0.2) is 78.0 Å². The van der Waals surface area contributed by atoms with Gasteiger partial charge in [-0.2, -0.15) is 0 Å². The Morgan fingerprint density at radius 1 is 0.950 bits per heavy atom. The number of hydrogen-bond donors (Lipinski definition) is 2. The number of anilines is 1. The molecule has 0 fully saturated rings. The highest BCUT2D eigenvalue weighted by Crippen LogP contribution is 2.38. The summed E-state index contributed by atoms with van der Waals surface area (Å²) in [6.45, 7) is 10.5. The third-order valence-electron chi connectivity index (χ3n) is 8.03. The lowest BCUT2D eigenvalue weighted by atomic mass is 9.91. The minimum absolute atomic E-state index is 0.189. The quantitative estimate of drug-likeness (QED) is 0.427. The Hall–Kier alpha value is -4.39. The first-order valence-corrected chi connectivity index (χ1v) is 13.8. The van der Waals surface area contributed by atoms with Crippen LogP contribution in [0.4, 0.5) is 10.5 Å². The van der Waals surface area contributed by atoms with Gasteiger partial charge in [0, 0.05) is 18.7 Å². The van der Waals surface area contributed by atoms with Crippen LogP contribution < -0.4 is 10.6 Å². The number of urea groups is 1. The minimum atomic E-state index is -0.768. The van der Waals surface area contributed by atoms with Crippen molar-refractivity contribution in [2.24, 2.45) is 0 Å². The molecule has 3 aromatic carbocycles. The highest BCUT2D eigenvalue weighted by Gasteiger charge is 2.47. The number of carbonyl (C=O) groups is 3. The van der Waals surface area contributed by atoms with Gasteiger partial charge in [0.05, 0.1) is 23.9 Å². The van der Waals surface area contributed by atoms with Crippen LogP contribution in [0.1, 0.15) is 46.3 Å². The predicted octanol–water partition coefficient (Wildman–Crippen LogP) is 5.35. The van der Waals surface area contributed by atoms with Gasteiger partial charge in [0.25, 0.3) is 5.91 Å². The number of nitrogens with one attached hydrogen (secondary N) is 2. The lowest BCUT2D eigenvalue weighted by Crippen LogP contribution is -2.47. The lowest BCUT2D eigenvalue weighted by molar-refractivity contribution is -0.134. The van der Waals surface area contributed by atoms with E-state index in [0.717, 1.165) is 33.4 Å². The molecule has 40 heavy (non-hydrogen) atoms. The molecular formula is C33H36N4O3. The van der Waals surface area contributed by atoms with Crippen molar-refractivity contribution < 1.29 is 14.4 Å². The first-order chi connectivity index (χ1) is 19.2. The summed E-state index contributed by atoms with van der Waals surface area (Å²) in [4.78, 5) is 44.6. The zero-order valence-electron chi connectivity index (χ0n) is 23.7. The molecule has 0 aliphatic carbocycles. The van der Waals surface area contributed by atoms with Crippen molar-refractivity contribution in [3.63, 3.8) is 0 Å². The van der Waals surface area contributed by atoms with Crippen LogP contribution in [0, 0.1) is 27.7 Å². The van der Waals surface area contributed by atoms with Crippen LogP contribution in [0.2, 0.25) is 0 Å². The Morgan fingerprint density at radius 3 is 2.38 bits per heavy atom. The van der Waals surface area contributed by atoms with E-state index in [0.29, 0.717) is 29.9 Å². The predicted molar refractivity (Wildman–Crippen MR) is 157 cm³/mol. The summed E-state index contributed by atoms with van der Waals surface area (Å²) in [6, 6.07) is 20.0. The maximum Gasteiger partial charge on any atom is 0.322 e. The van der Waals surface area contributed by atoms with Crippen LogP contribution in [0.3, 0.4) is 0 Å². The molecule has 5 rings (SSSR count). The Labute approximate surface area is 235 Å². The van der Waals surface area contributed by atoms with Crippen molar-refractivity contribution in [3.05, 3.63) is 111 Å². The summed E-state index contributed by atoms with van der Waals surface area (Å²) in [5, 5.41) is 6.12. The second kappa shape index (κ2) is 11.0. The molecule has 4 amide bonds. The Kier molecular flexibility index (Phi) is 7.48. The van der Waals surface area contributed by atoms with E-state index >= 15 is 0 Å². The van der Waals surface area contributed by atoms with Gasteiger partial charge in [-0.1, -0.05) is 60.2 Å². The third-order valence-corrected chi connectivity index (χ3v) is 8.03. The van der Waals surface area contributed by atoms with Crippen LogP contribution in [-0.2, 0) is 16.0 Å². The third kappa shape index (κ3) is 5.11. The van der Waals surface area contributed by atoms with Crippen LogP contribution in [-0.4, -0.2) is 46.8 Å². The van der Waals surface area contributed by atoms with Crippen molar-refractivity contribution in [1.82, 2.24) is 15.1 Å². The van der Waals surface area contributed by atoms with Crippen molar-refractivity contribution in [3.8, 4) is 0 Å². The smallest absolute Gasteiger partial charge is 0.322 e. The Morgan fingerprint density at radius 2 is 1.70 bits per heavy atom. The van der Waals surface area contributed by atoms with Gasteiger partial charge in [0.2, 0.25) is 5.91 Å². The second-order valence-corrected chi connectivity index (χ2v) is 10.8. The molecule has 2 heterocycles. The van der Waals surface area contributed by atoms with Gasteiger partial charge < -0.3 is 15.5 Å². The van der Waals surface area contributed by atoms with E-state index in [-0.39, 0.29) is 24.4 Å². The van der Waals surface area contributed by atoms with E-state index in [1.165, 1.54) is 0 Å². The molecule has 0 saturated carbocycles. The van der Waals surface area contributed by atoms with Crippen molar-refractivity contribution >= 4 is 23.5 Å². The fourth-order valence-corrected chi connectivity index (χ4v) is 5.71. The molecule has 2 aliphatic heterocycles. The van der Waals surface area contributed by atoms with E-state index < -0.39 is 12.1 Å². The standard InChI is InChI=1S/C33H36N4O3/c1-6-36-28-19-37(32(39)29(28)30(35-33(36)40)26-15-12-20(2)16-23(26)5)27(18-24-10-8-7-9-11-24)31(38)34-25-14-13-21(3)22(4)17-25/h7-17,27,30H,6,18-19H2,1-5H3,(H,34,38)(H,35,40)/t27-,30+/m1/s1.